The van der Waals surface area contributed by atoms with Crippen molar-refractivity contribution in [1.82, 2.24) is 0 Å². The minimum Gasteiger partial charge on any atom is -0.303 e. The van der Waals surface area contributed by atoms with Gasteiger partial charge < -0.3 is 4.79 Å². The smallest absolute Gasteiger partial charge is 0.150 e. The maximum atomic E-state index is 10.3. The molecule has 0 aliphatic rings. The molecule has 0 bridgehead atoms. The maximum absolute atomic E-state index is 10.3. The summed E-state index contributed by atoms with van der Waals surface area (Å²) in [6.45, 7) is 0. The Kier molecular flexibility index (Phi) is 2.55. The van der Waals surface area contributed by atoms with E-state index < -0.39 is 0 Å². The first-order valence-corrected chi connectivity index (χ1v) is 3.34. The number of carbonyl (C=O) groups excluding carboxylic acids is 2. The molecule has 0 atom stereocenters. The molecule has 1 rings (SSSR count). The van der Waals surface area contributed by atoms with Crippen LogP contribution in [0.4, 0.5) is 0 Å². The van der Waals surface area contributed by atoms with Gasteiger partial charge in [-0.1, -0.05) is 18.2 Å². The molecule has 0 radical (unpaired) electrons. The Morgan fingerprint density at radius 2 is 2.09 bits per heavy atom. The molecule has 56 valence electrons. The van der Waals surface area contributed by atoms with Gasteiger partial charge in [0.05, 0.1) is 0 Å². The molecule has 0 unspecified atom stereocenters. The van der Waals surface area contributed by atoms with Crippen molar-refractivity contribution >= 4 is 12.6 Å². The van der Waals surface area contributed by atoms with Crippen molar-refractivity contribution in [1.29, 1.82) is 0 Å². The molecule has 1 aromatic rings. The van der Waals surface area contributed by atoms with Crippen LogP contribution in [0, 0.1) is 0 Å². The van der Waals surface area contributed by atoms with Crippen molar-refractivity contribution in [2.24, 2.45) is 0 Å². The topological polar surface area (TPSA) is 34.1 Å². The Balaban J connectivity index is 2.90. The van der Waals surface area contributed by atoms with E-state index in [1.807, 2.05) is 6.07 Å². The van der Waals surface area contributed by atoms with Crippen molar-refractivity contribution in [3.63, 3.8) is 0 Å². The number of benzene rings is 1. The zero-order valence-corrected chi connectivity index (χ0v) is 5.99. The first-order valence-electron chi connectivity index (χ1n) is 3.34. The highest BCUT2D eigenvalue weighted by Crippen LogP contribution is 2.02. The third-order valence-corrected chi connectivity index (χ3v) is 1.41. The molecular formula is C9H8O2. The number of hydrogen-bond acceptors (Lipinski definition) is 2. The van der Waals surface area contributed by atoms with Crippen LogP contribution in [0.1, 0.15) is 15.9 Å². The van der Waals surface area contributed by atoms with E-state index in [4.69, 9.17) is 0 Å². The summed E-state index contributed by atoms with van der Waals surface area (Å²) >= 11 is 0. The van der Waals surface area contributed by atoms with Gasteiger partial charge in [0.15, 0.2) is 0 Å². The Labute approximate surface area is 64.8 Å². The fourth-order valence-corrected chi connectivity index (χ4v) is 0.890. The lowest BCUT2D eigenvalue weighted by Crippen LogP contribution is -1.87. The van der Waals surface area contributed by atoms with Crippen molar-refractivity contribution < 1.29 is 9.59 Å². The van der Waals surface area contributed by atoms with E-state index in [0.717, 1.165) is 18.1 Å². The fourth-order valence-electron chi connectivity index (χ4n) is 0.890. The lowest BCUT2D eigenvalue weighted by Gasteiger charge is -1.94. The molecule has 0 spiro atoms. The Morgan fingerprint density at radius 1 is 1.27 bits per heavy atom. The second kappa shape index (κ2) is 3.66. The van der Waals surface area contributed by atoms with Crippen molar-refractivity contribution in [2.75, 3.05) is 0 Å². The Hall–Kier alpha value is -1.44. The van der Waals surface area contributed by atoms with Gasteiger partial charge in [-0.15, -0.1) is 0 Å². The van der Waals surface area contributed by atoms with Crippen LogP contribution in [0.2, 0.25) is 0 Å². The lowest BCUT2D eigenvalue weighted by atomic mass is 10.1. The van der Waals surface area contributed by atoms with Crippen LogP contribution in [0.25, 0.3) is 0 Å². The summed E-state index contributed by atoms with van der Waals surface area (Å²) in [6.07, 6.45) is 1.97. The van der Waals surface area contributed by atoms with Gasteiger partial charge in [-0.25, -0.2) is 0 Å². The molecule has 0 aliphatic heterocycles. The normalized spacial score (nSPS) is 9.09. The molecule has 2 nitrogen and oxygen atoms in total. The zero-order valence-electron chi connectivity index (χ0n) is 5.99. The van der Waals surface area contributed by atoms with Crippen LogP contribution in [0.5, 0.6) is 0 Å². The van der Waals surface area contributed by atoms with E-state index in [1.165, 1.54) is 0 Å². The van der Waals surface area contributed by atoms with Crippen LogP contribution >= 0.6 is 0 Å². The van der Waals surface area contributed by atoms with Crippen LogP contribution in [-0.4, -0.2) is 12.6 Å². The van der Waals surface area contributed by atoms with Crippen molar-refractivity contribution in [2.45, 2.75) is 6.42 Å². The van der Waals surface area contributed by atoms with E-state index in [9.17, 15) is 9.59 Å². The summed E-state index contributed by atoms with van der Waals surface area (Å²) < 4.78 is 0. The van der Waals surface area contributed by atoms with Gasteiger partial charge in [0, 0.05) is 12.0 Å². The van der Waals surface area contributed by atoms with Gasteiger partial charge in [-0.05, 0) is 11.6 Å². The van der Waals surface area contributed by atoms with E-state index in [0.29, 0.717) is 12.0 Å². The first kappa shape index (κ1) is 7.66. The summed E-state index contributed by atoms with van der Waals surface area (Å²) in [6, 6.07) is 7.01. The van der Waals surface area contributed by atoms with Crippen LogP contribution in [-0.2, 0) is 11.2 Å². The average molecular weight is 148 g/mol. The number of carbonyl (C=O) groups is 2. The van der Waals surface area contributed by atoms with Crippen LogP contribution in [0.3, 0.4) is 0 Å². The fraction of sp³-hybridized carbons (Fsp3) is 0.111. The SMILES string of the molecule is O=CCc1cccc(C=O)c1. The zero-order chi connectivity index (χ0) is 8.10. The second-order valence-corrected chi connectivity index (χ2v) is 2.23. The molecule has 0 aromatic heterocycles. The van der Waals surface area contributed by atoms with Crippen molar-refractivity contribution in [3.05, 3.63) is 35.4 Å². The lowest BCUT2D eigenvalue weighted by molar-refractivity contribution is -0.107. The minimum absolute atomic E-state index is 0.377. The maximum Gasteiger partial charge on any atom is 0.150 e. The third kappa shape index (κ3) is 2.00. The molecular weight excluding hydrogens is 140 g/mol. The predicted molar refractivity (Wildman–Crippen MR) is 41.6 cm³/mol. The largest absolute Gasteiger partial charge is 0.303 e. The van der Waals surface area contributed by atoms with Gasteiger partial charge in [0.2, 0.25) is 0 Å². The van der Waals surface area contributed by atoms with E-state index in [-0.39, 0.29) is 0 Å². The summed E-state index contributed by atoms with van der Waals surface area (Å²) in [7, 11) is 0. The van der Waals surface area contributed by atoms with Crippen molar-refractivity contribution in [3.8, 4) is 0 Å². The quantitative estimate of drug-likeness (QED) is 0.604. The van der Waals surface area contributed by atoms with Crippen LogP contribution in [0.15, 0.2) is 24.3 Å². The average Bonchev–Trinajstić information content (AvgIpc) is 2.06. The molecule has 11 heavy (non-hydrogen) atoms. The molecule has 0 amide bonds. The highest BCUT2D eigenvalue weighted by molar-refractivity contribution is 5.75. The molecule has 0 N–H and O–H groups in total. The molecule has 2 heteroatoms. The van der Waals surface area contributed by atoms with E-state index in [1.54, 1.807) is 18.2 Å². The predicted octanol–water partition coefficient (Wildman–Crippen LogP) is 1.24. The number of aldehydes is 2. The number of rotatable bonds is 3. The third-order valence-electron chi connectivity index (χ3n) is 1.41. The Bertz CT molecular complexity index is 266. The Morgan fingerprint density at radius 3 is 2.73 bits per heavy atom. The highest BCUT2D eigenvalue weighted by atomic mass is 16.1. The van der Waals surface area contributed by atoms with Gasteiger partial charge >= 0.3 is 0 Å². The number of hydrogen-bond donors (Lipinski definition) is 0. The molecule has 0 aliphatic carbocycles. The van der Waals surface area contributed by atoms with Gasteiger partial charge in [-0.3, -0.25) is 4.79 Å². The molecule has 0 heterocycles. The van der Waals surface area contributed by atoms with E-state index >= 15 is 0 Å². The minimum atomic E-state index is 0.377. The molecule has 1 aromatic carbocycles. The highest BCUT2D eigenvalue weighted by Gasteiger charge is 1.92. The standard InChI is InChI=1S/C9H8O2/c10-5-4-8-2-1-3-9(6-8)7-11/h1-3,5-7H,4H2. The summed E-state index contributed by atoms with van der Waals surface area (Å²) in [5.74, 6) is 0. The summed E-state index contributed by atoms with van der Waals surface area (Å²) in [5, 5.41) is 0. The van der Waals surface area contributed by atoms with Gasteiger partial charge in [0.25, 0.3) is 0 Å². The molecule has 0 saturated carbocycles. The monoisotopic (exact) mass is 148 g/mol. The summed E-state index contributed by atoms with van der Waals surface area (Å²) in [4.78, 5) is 20.4. The molecule has 0 fully saturated rings. The first-order chi connectivity index (χ1) is 5.36. The second-order valence-electron chi connectivity index (χ2n) is 2.23. The van der Waals surface area contributed by atoms with Gasteiger partial charge in [-0.2, -0.15) is 0 Å². The van der Waals surface area contributed by atoms with Crippen LogP contribution < -0.4 is 0 Å². The molecule has 0 saturated heterocycles. The van der Waals surface area contributed by atoms with E-state index in [2.05, 4.69) is 0 Å². The summed E-state index contributed by atoms with van der Waals surface area (Å²) in [5.41, 5.74) is 1.49. The van der Waals surface area contributed by atoms with Gasteiger partial charge in [0.1, 0.15) is 12.6 Å².